The first kappa shape index (κ1) is 15.5. The molecular weight excluding hydrogens is 344 g/mol. The largest absolute Gasteiger partial charge is 0.444 e. The molecule has 0 spiro atoms. The SMILES string of the molecule is CC(C)(C)OC(=O)N[C@@H]1CCCN(c2nnc(Br)s2)C1. The number of carbonyl (C=O) groups excluding carboxylic acids is 1. The Morgan fingerprint density at radius 3 is 2.85 bits per heavy atom. The summed E-state index contributed by atoms with van der Waals surface area (Å²) in [7, 11) is 0. The third kappa shape index (κ3) is 4.59. The van der Waals surface area contributed by atoms with Crippen molar-refractivity contribution in [2.45, 2.75) is 45.3 Å². The Morgan fingerprint density at radius 1 is 1.50 bits per heavy atom. The van der Waals surface area contributed by atoms with Gasteiger partial charge >= 0.3 is 6.09 Å². The molecular formula is C12H19BrN4O2S. The van der Waals surface area contributed by atoms with Gasteiger partial charge in [-0.2, -0.15) is 0 Å². The van der Waals surface area contributed by atoms with E-state index in [4.69, 9.17) is 4.74 Å². The molecule has 0 saturated carbocycles. The predicted molar refractivity (Wildman–Crippen MR) is 82.2 cm³/mol. The van der Waals surface area contributed by atoms with Gasteiger partial charge in [0.2, 0.25) is 5.13 Å². The van der Waals surface area contributed by atoms with Gasteiger partial charge in [0.1, 0.15) is 5.60 Å². The van der Waals surface area contributed by atoms with Crippen LogP contribution in [-0.2, 0) is 4.74 Å². The molecule has 0 radical (unpaired) electrons. The molecule has 1 N–H and O–H groups in total. The van der Waals surface area contributed by atoms with E-state index in [9.17, 15) is 4.79 Å². The molecule has 0 bridgehead atoms. The summed E-state index contributed by atoms with van der Waals surface area (Å²) in [5, 5.41) is 11.9. The van der Waals surface area contributed by atoms with Crippen LogP contribution in [0.3, 0.4) is 0 Å². The van der Waals surface area contributed by atoms with Gasteiger partial charge in [-0.15, -0.1) is 10.2 Å². The zero-order valence-corrected chi connectivity index (χ0v) is 14.3. The highest BCUT2D eigenvalue weighted by Gasteiger charge is 2.25. The van der Waals surface area contributed by atoms with Gasteiger partial charge in [0.25, 0.3) is 0 Å². The fourth-order valence-electron chi connectivity index (χ4n) is 2.07. The Kier molecular flexibility index (Phi) is 4.85. The number of nitrogens with one attached hydrogen (secondary N) is 1. The van der Waals surface area contributed by atoms with Crippen molar-refractivity contribution in [2.75, 3.05) is 18.0 Å². The average molecular weight is 363 g/mol. The molecule has 0 aliphatic carbocycles. The first-order chi connectivity index (χ1) is 9.33. The van der Waals surface area contributed by atoms with Crippen LogP contribution in [0.25, 0.3) is 0 Å². The van der Waals surface area contributed by atoms with Crippen molar-refractivity contribution in [3.8, 4) is 0 Å². The van der Waals surface area contributed by atoms with Crippen molar-refractivity contribution in [1.29, 1.82) is 0 Å². The highest BCUT2D eigenvalue weighted by Crippen LogP contribution is 2.26. The van der Waals surface area contributed by atoms with Crippen molar-refractivity contribution in [2.24, 2.45) is 0 Å². The van der Waals surface area contributed by atoms with E-state index in [2.05, 4.69) is 36.3 Å². The number of amides is 1. The molecule has 0 aromatic carbocycles. The fourth-order valence-corrected chi connectivity index (χ4v) is 3.19. The van der Waals surface area contributed by atoms with Crippen LogP contribution in [0.5, 0.6) is 0 Å². The number of nitrogens with zero attached hydrogens (tertiary/aromatic N) is 3. The smallest absolute Gasteiger partial charge is 0.407 e. The highest BCUT2D eigenvalue weighted by molar-refractivity contribution is 9.11. The van der Waals surface area contributed by atoms with Crippen LogP contribution in [0.15, 0.2) is 3.92 Å². The van der Waals surface area contributed by atoms with Gasteiger partial charge in [-0.3, -0.25) is 0 Å². The van der Waals surface area contributed by atoms with E-state index in [1.54, 1.807) is 0 Å². The standard InChI is InChI=1S/C12H19BrN4O2S/c1-12(2,3)19-11(18)14-8-5-4-6-17(7-8)10-16-15-9(13)20-10/h8H,4-7H2,1-3H3,(H,14,18)/t8-/m1/s1. The van der Waals surface area contributed by atoms with Gasteiger partial charge in [-0.1, -0.05) is 11.3 Å². The maximum absolute atomic E-state index is 11.8. The van der Waals surface area contributed by atoms with E-state index in [1.165, 1.54) is 11.3 Å². The van der Waals surface area contributed by atoms with Gasteiger partial charge in [-0.25, -0.2) is 4.79 Å². The molecule has 1 amide bonds. The van der Waals surface area contributed by atoms with Crippen LogP contribution in [0, 0.1) is 0 Å². The van der Waals surface area contributed by atoms with Crippen LogP contribution in [-0.4, -0.2) is 41.0 Å². The number of anilines is 1. The number of ether oxygens (including phenoxy) is 1. The normalized spacial score (nSPS) is 19.8. The molecule has 1 aliphatic heterocycles. The van der Waals surface area contributed by atoms with E-state index in [1.807, 2.05) is 20.8 Å². The van der Waals surface area contributed by atoms with Crippen molar-refractivity contribution in [3.05, 3.63) is 3.92 Å². The molecule has 1 atom stereocenters. The Labute approximate surface area is 131 Å². The number of carbonyl (C=O) groups is 1. The maximum Gasteiger partial charge on any atom is 0.407 e. The lowest BCUT2D eigenvalue weighted by molar-refractivity contribution is 0.0500. The molecule has 8 heteroatoms. The number of piperidine rings is 1. The maximum atomic E-state index is 11.8. The van der Waals surface area contributed by atoms with Crippen molar-refractivity contribution in [3.63, 3.8) is 0 Å². The Morgan fingerprint density at radius 2 is 2.25 bits per heavy atom. The number of rotatable bonds is 2. The third-order valence-electron chi connectivity index (χ3n) is 2.80. The van der Waals surface area contributed by atoms with Crippen LogP contribution in [0.2, 0.25) is 0 Å². The Hall–Kier alpha value is -0.890. The quantitative estimate of drug-likeness (QED) is 0.875. The molecule has 6 nitrogen and oxygen atoms in total. The number of aromatic nitrogens is 2. The Balaban J connectivity index is 1.89. The fraction of sp³-hybridized carbons (Fsp3) is 0.750. The second kappa shape index (κ2) is 6.26. The molecule has 1 aromatic heterocycles. The lowest BCUT2D eigenvalue weighted by atomic mass is 10.1. The van der Waals surface area contributed by atoms with Crippen molar-refractivity contribution in [1.82, 2.24) is 15.5 Å². The lowest BCUT2D eigenvalue weighted by Crippen LogP contribution is -2.49. The van der Waals surface area contributed by atoms with E-state index in [0.29, 0.717) is 0 Å². The zero-order valence-electron chi connectivity index (χ0n) is 11.9. The Bertz CT molecular complexity index is 474. The van der Waals surface area contributed by atoms with E-state index >= 15 is 0 Å². The van der Waals surface area contributed by atoms with Gasteiger partial charge in [-0.05, 0) is 49.5 Å². The molecule has 112 valence electrons. The first-order valence-corrected chi connectivity index (χ1v) is 8.18. The molecule has 2 heterocycles. The first-order valence-electron chi connectivity index (χ1n) is 6.57. The van der Waals surface area contributed by atoms with Crippen molar-refractivity contribution >= 4 is 38.5 Å². The number of hydrogen-bond acceptors (Lipinski definition) is 6. The van der Waals surface area contributed by atoms with Crippen LogP contribution < -0.4 is 10.2 Å². The van der Waals surface area contributed by atoms with Gasteiger partial charge in [0.15, 0.2) is 3.92 Å². The van der Waals surface area contributed by atoms with Crippen LogP contribution in [0.1, 0.15) is 33.6 Å². The van der Waals surface area contributed by atoms with Gasteiger partial charge < -0.3 is 15.0 Å². The number of alkyl carbamates (subject to hydrolysis) is 1. The van der Waals surface area contributed by atoms with Crippen LogP contribution in [0.4, 0.5) is 9.93 Å². The molecule has 1 aromatic rings. The molecule has 0 unspecified atom stereocenters. The summed E-state index contributed by atoms with van der Waals surface area (Å²) >= 11 is 4.82. The number of hydrogen-bond donors (Lipinski definition) is 1. The minimum Gasteiger partial charge on any atom is -0.444 e. The van der Waals surface area contributed by atoms with E-state index in [0.717, 1.165) is 35.0 Å². The summed E-state index contributed by atoms with van der Waals surface area (Å²) in [4.78, 5) is 13.9. The number of halogens is 1. The lowest BCUT2D eigenvalue weighted by Gasteiger charge is -2.33. The molecule has 1 aliphatic rings. The van der Waals surface area contributed by atoms with Gasteiger partial charge in [0.05, 0.1) is 0 Å². The minimum atomic E-state index is -0.470. The van der Waals surface area contributed by atoms with Crippen LogP contribution >= 0.6 is 27.3 Å². The highest BCUT2D eigenvalue weighted by atomic mass is 79.9. The summed E-state index contributed by atoms with van der Waals surface area (Å²) in [6.45, 7) is 7.25. The predicted octanol–water partition coefficient (Wildman–Crippen LogP) is 2.79. The monoisotopic (exact) mass is 362 g/mol. The minimum absolute atomic E-state index is 0.0845. The second-order valence-electron chi connectivity index (χ2n) is 5.77. The zero-order chi connectivity index (χ0) is 14.8. The average Bonchev–Trinajstić information content (AvgIpc) is 2.73. The second-order valence-corrected chi connectivity index (χ2v) is 8.00. The summed E-state index contributed by atoms with van der Waals surface area (Å²) in [5.41, 5.74) is -0.470. The topological polar surface area (TPSA) is 67.3 Å². The molecule has 20 heavy (non-hydrogen) atoms. The molecule has 1 fully saturated rings. The third-order valence-corrected chi connectivity index (χ3v) is 4.22. The summed E-state index contributed by atoms with van der Waals surface area (Å²) in [6, 6.07) is 0.0845. The summed E-state index contributed by atoms with van der Waals surface area (Å²) in [5.74, 6) is 0. The van der Waals surface area contributed by atoms with Crippen molar-refractivity contribution < 1.29 is 9.53 Å². The van der Waals surface area contributed by atoms with Gasteiger partial charge in [0, 0.05) is 19.1 Å². The molecule has 1 saturated heterocycles. The van der Waals surface area contributed by atoms with E-state index < -0.39 is 5.60 Å². The molecule has 2 rings (SSSR count). The summed E-state index contributed by atoms with van der Waals surface area (Å²) in [6.07, 6.45) is 1.61. The van der Waals surface area contributed by atoms with E-state index in [-0.39, 0.29) is 12.1 Å². The summed E-state index contributed by atoms with van der Waals surface area (Å²) < 4.78 is 6.06.